The lowest BCUT2D eigenvalue weighted by Crippen LogP contribution is -2.30. The number of unbranched alkanes of at least 4 members (excludes halogenated alkanes) is 1. The van der Waals surface area contributed by atoms with Gasteiger partial charge in [0.2, 0.25) is 5.88 Å². The number of aromatic nitrogens is 1. The van der Waals surface area contributed by atoms with Crippen molar-refractivity contribution >= 4 is 40.1 Å². The second kappa shape index (κ2) is 11.9. The highest BCUT2D eigenvalue weighted by Crippen LogP contribution is 2.33. The minimum atomic E-state index is -0.953. The summed E-state index contributed by atoms with van der Waals surface area (Å²) in [6.45, 7) is 2.25. The molecule has 2 amide bonds. The Hall–Kier alpha value is -2.50. The SMILES string of the molecule is COC(=O)c1c(OCc2c(F)cc(C)c(Cl)c2F)nsc1NC(=O)NCCCCN(C)C. The van der Waals surface area contributed by atoms with Gasteiger partial charge in [-0.1, -0.05) is 11.6 Å². The molecule has 0 bridgehead atoms. The third-order valence-corrected chi connectivity index (χ3v) is 5.59. The number of esters is 1. The summed E-state index contributed by atoms with van der Waals surface area (Å²) in [5.41, 5.74) is -0.317. The number of hydrogen-bond acceptors (Lipinski definition) is 7. The first-order valence-electron chi connectivity index (χ1n) is 9.69. The van der Waals surface area contributed by atoms with Crippen molar-refractivity contribution in [2.75, 3.05) is 39.6 Å². The molecule has 176 valence electrons. The number of urea groups is 1. The Morgan fingerprint density at radius 2 is 2.00 bits per heavy atom. The topological polar surface area (TPSA) is 92.8 Å². The summed E-state index contributed by atoms with van der Waals surface area (Å²) < 4.78 is 42.6. The van der Waals surface area contributed by atoms with Gasteiger partial charge in [-0.15, -0.1) is 0 Å². The number of halogens is 3. The number of carbonyl (C=O) groups is 2. The van der Waals surface area contributed by atoms with Gasteiger partial charge in [0.15, 0.2) is 11.4 Å². The van der Waals surface area contributed by atoms with E-state index in [0.29, 0.717) is 6.54 Å². The Kier molecular flexibility index (Phi) is 9.60. The molecule has 1 aromatic heterocycles. The Morgan fingerprint density at radius 1 is 1.28 bits per heavy atom. The first-order chi connectivity index (χ1) is 15.1. The van der Waals surface area contributed by atoms with E-state index in [0.717, 1.165) is 44.1 Å². The summed E-state index contributed by atoms with van der Waals surface area (Å²) in [4.78, 5) is 26.4. The van der Waals surface area contributed by atoms with Crippen LogP contribution < -0.4 is 15.4 Å². The highest BCUT2D eigenvalue weighted by molar-refractivity contribution is 7.11. The van der Waals surface area contributed by atoms with Crippen LogP contribution in [0.15, 0.2) is 6.07 Å². The molecule has 0 atom stereocenters. The zero-order chi connectivity index (χ0) is 23.8. The average molecular weight is 491 g/mol. The lowest BCUT2D eigenvalue weighted by Gasteiger charge is -2.11. The molecular weight excluding hydrogens is 466 g/mol. The van der Waals surface area contributed by atoms with Gasteiger partial charge >= 0.3 is 12.0 Å². The number of ether oxygens (including phenoxy) is 2. The fourth-order valence-electron chi connectivity index (χ4n) is 2.67. The number of amides is 2. The van der Waals surface area contributed by atoms with Crippen LogP contribution in [-0.2, 0) is 11.3 Å². The molecule has 0 aliphatic rings. The minimum Gasteiger partial charge on any atom is -0.471 e. The van der Waals surface area contributed by atoms with Gasteiger partial charge in [-0.05, 0) is 63.6 Å². The van der Waals surface area contributed by atoms with E-state index < -0.39 is 35.8 Å². The largest absolute Gasteiger partial charge is 0.471 e. The Balaban J connectivity index is 2.08. The molecule has 0 saturated carbocycles. The standard InChI is InChI=1S/C20H25ClF2N4O4S/c1-11-9-13(22)12(16(23)15(11)21)10-31-17-14(19(28)30-4)18(32-26-17)25-20(29)24-7-5-6-8-27(2)3/h9H,5-8,10H2,1-4H3,(H2,24,25,29). The molecule has 12 heteroatoms. The van der Waals surface area contributed by atoms with Crippen LogP contribution in [0.3, 0.4) is 0 Å². The number of methoxy groups -OCH3 is 1. The number of anilines is 1. The van der Waals surface area contributed by atoms with Crippen LogP contribution in [-0.4, -0.2) is 55.6 Å². The molecule has 2 N–H and O–H groups in total. The van der Waals surface area contributed by atoms with E-state index in [1.807, 2.05) is 19.0 Å². The van der Waals surface area contributed by atoms with Crippen molar-refractivity contribution in [3.63, 3.8) is 0 Å². The summed E-state index contributed by atoms with van der Waals surface area (Å²) in [7, 11) is 5.08. The van der Waals surface area contributed by atoms with Crippen LogP contribution >= 0.6 is 23.1 Å². The highest BCUT2D eigenvalue weighted by Gasteiger charge is 2.26. The van der Waals surface area contributed by atoms with Crippen molar-refractivity contribution in [3.8, 4) is 5.88 Å². The molecule has 0 unspecified atom stereocenters. The highest BCUT2D eigenvalue weighted by atomic mass is 35.5. The number of hydrogen-bond donors (Lipinski definition) is 2. The van der Waals surface area contributed by atoms with Gasteiger partial charge in [0.05, 0.1) is 17.7 Å². The second-order valence-electron chi connectivity index (χ2n) is 7.15. The predicted molar refractivity (Wildman–Crippen MR) is 119 cm³/mol. The average Bonchev–Trinajstić information content (AvgIpc) is 3.13. The summed E-state index contributed by atoms with van der Waals surface area (Å²) in [5, 5.41) is 5.08. The Morgan fingerprint density at radius 3 is 2.66 bits per heavy atom. The second-order valence-corrected chi connectivity index (χ2v) is 8.30. The first kappa shape index (κ1) is 25.8. The maximum Gasteiger partial charge on any atom is 0.346 e. The molecule has 2 aromatic rings. The van der Waals surface area contributed by atoms with Gasteiger partial charge in [0, 0.05) is 6.54 Å². The zero-order valence-electron chi connectivity index (χ0n) is 18.2. The maximum absolute atomic E-state index is 14.3. The summed E-state index contributed by atoms with van der Waals surface area (Å²) in [6.07, 6.45) is 1.69. The molecule has 32 heavy (non-hydrogen) atoms. The monoisotopic (exact) mass is 490 g/mol. The number of nitrogens with one attached hydrogen (secondary N) is 2. The molecule has 0 saturated heterocycles. The molecule has 0 radical (unpaired) electrons. The van der Waals surface area contributed by atoms with Crippen molar-refractivity contribution in [2.45, 2.75) is 26.4 Å². The quantitative estimate of drug-likeness (QED) is 0.294. The van der Waals surface area contributed by atoms with Gasteiger partial charge in [0.25, 0.3) is 0 Å². The van der Waals surface area contributed by atoms with E-state index >= 15 is 0 Å². The van der Waals surface area contributed by atoms with Crippen molar-refractivity contribution in [1.29, 1.82) is 0 Å². The minimum absolute atomic E-state index is 0.0838. The van der Waals surface area contributed by atoms with Crippen LogP contribution in [0.2, 0.25) is 5.02 Å². The smallest absolute Gasteiger partial charge is 0.346 e. The van der Waals surface area contributed by atoms with Gasteiger partial charge in [0.1, 0.15) is 17.4 Å². The first-order valence-corrected chi connectivity index (χ1v) is 10.8. The van der Waals surface area contributed by atoms with E-state index in [4.69, 9.17) is 21.1 Å². The normalized spacial score (nSPS) is 10.9. The van der Waals surface area contributed by atoms with Gasteiger partial charge in [-0.25, -0.2) is 18.4 Å². The number of aryl methyl sites for hydroxylation is 1. The lowest BCUT2D eigenvalue weighted by molar-refractivity contribution is 0.0596. The molecule has 1 aromatic carbocycles. The van der Waals surface area contributed by atoms with E-state index in [1.54, 1.807) is 0 Å². The van der Waals surface area contributed by atoms with E-state index in [-0.39, 0.29) is 27.0 Å². The third kappa shape index (κ3) is 6.75. The number of benzene rings is 1. The summed E-state index contributed by atoms with van der Waals surface area (Å²) in [6, 6.07) is 0.556. The summed E-state index contributed by atoms with van der Waals surface area (Å²) >= 11 is 6.61. The van der Waals surface area contributed by atoms with Crippen molar-refractivity contribution in [3.05, 3.63) is 39.4 Å². The molecular formula is C20H25ClF2N4O4S. The van der Waals surface area contributed by atoms with E-state index in [1.165, 1.54) is 6.92 Å². The molecule has 0 aliphatic heterocycles. The maximum atomic E-state index is 14.3. The van der Waals surface area contributed by atoms with Crippen molar-refractivity contribution in [2.24, 2.45) is 0 Å². The van der Waals surface area contributed by atoms with Gasteiger partial charge in [-0.3, -0.25) is 5.32 Å². The van der Waals surface area contributed by atoms with E-state index in [2.05, 4.69) is 15.0 Å². The van der Waals surface area contributed by atoms with Crippen molar-refractivity contribution < 1.29 is 27.8 Å². The summed E-state index contributed by atoms with van der Waals surface area (Å²) in [5.74, 6) is -2.84. The Labute approximate surface area is 194 Å². The third-order valence-electron chi connectivity index (χ3n) is 4.38. The van der Waals surface area contributed by atoms with Crippen LogP contribution in [0, 0.1) is 18.6 Å². The van der Waals surface area contributed by atoms with Gasteiger partial charge in [-0.2, -0.15) is 4.37 Å². The number of rotatable bonds is 10. The zero-order valence-corrected chi connectivity index (χ0v) is 19.8. The van der Waals surface area contributed by atoms with Crippen LogP contribution in [0.4, 0.5) is 18.6 Å². The molecule has 0 aliphatic carbocycles. The molecule has 1 heterocycles. The fraction of sp³-hybridized carbons (Fsp3) is 0.450. The number of nitrogens with zero attached hydrogens (tertiary/aromatic N) is 2. The van der Waals surface area contributed by atoms with Crippen molar-refractivity contribution in [1.82, 2.24) is 14.6 Å². The van der Waals surface area contributed by atoms with Crippen LogP contribution in [0.1, 0.15) is 34.3 Å². The fourth-order valence-corrected chi connectivity index (χ4v) is 3.55. The molecule has 2 rings (SSSR count). The number of carbonyl (C=O) groups excluding carboxylic acids is 2. The molecule has 8 nitrogen and oxygen atoms in total. The predicted octanol–water partition coefficient (Wildman–Crippen LogP) is 4.21. The van der Waals surface area contributed by atoms with Crippen LogP contribution in [0.5, 0.6) is 5.88 Å². The Bertz CT molecular complexity index is 972. The van der Waals surface area contributed by atoms with E-state index in [9.17, 15) is 18.4 Å². The van der Waals surface area contributed by atoms with Gasteiger partial charge < -0.3 is 19.7 Å². The molecule has 0 spiro atoms. The molecule has 0 fully saturated rings. The lowest BCUT2D eigenvalue weighted by atomic mass is 10.1. The van der Waals surface area contributed by atoms with Crippen LogP contribution in [0.25, 0.3) is 0 Å².